The molecule has 5 heteroatoms. The average Bonchev–Trinajstić information content (AvgIpc) is 2.83. The second-order valence-corrected chi connectivity index (χ2v) is 5.06. The third kappa shape index (κ3) is 4.48. The maximum Gasteiger partial charge on any atom is 0.279 e. The summed E-state index contributed by atoms with van der Waals surface area (Å²) in [5, 5.41) is 11.6. The summed E-state index contributed by atoms with van der Waals surface area (Å²) in [6.07, 6.45) is 0. The lowest BCUT2D eigenvalue weighted by atomic mass is 10.2. The summed E-state index contributed by atoms with van der Waals surface area (Å²) in [4.78, 5) is 13.0. The number of nitrogens with zero attached hydrogens (tertiary/aromatic N) is 1. The molecule has 1 amide bonds. The van der Waals surface area contributed by atoms with E-state index in [-0.39, 0.29) is 5.91 Å². The number of quaternary nitrogens is 1. The van der Waals surface area contributed by atoms with Crippen molar-refractivity contribution in [2.45, 2.75) is 13.5 Å². The van der Waals surface area contributed by atoms with Crippen molar-refractivity contribution in [1.29, 1.82) is 5.26 Å². The molecule has 1 unspecified atom stereocenters. The quantitative estimate of drug-likeness (QED) is 0.864. The smallest absolute Gasteiger partial charge is 0.279 e. The minimum Gasteiger partial charge on any atom is -0.460 e. The Bertz CT molecular complexity index is 670. The van der Waals surface area contributed by atoms with Gasteiger partial charge in [-0.1, -0.05) is 6.07 Å². The van der Waals surface area contributed by atoms with Gasteiger partial charge in [-0.15, -0.1) is 0 Å². The van der Waals surface area contributed by atoms with Crippen LogP contribution >= 0.6 is 0 Å². The highest BCUT2D eigenvalue weighted by Gasteiger charge is 2.12. The summed E-state index contributed by atoms with van der Waals surface area (Å²) in [5.74, 6) is 1.64. The number of nitrogens with one attached hydrogen (secondary N) is 2. The monoisotopic (exact) mass is 284 g/mol. The Labute approximate surface area is 123 Å². The van der Waals surface area contributed by atoms with Gasteiger partial charge in [-0.2, -0.15) is 5.26 Å². The summed E-state index contributed by atoms with van der Waals surface area (Å²) in [6.45, 7) is 2.88. The number of aryl methyl sites for hydroxylation is 1. The first-order valence-electron chi connectivity index (χ1n) is 6.73. The standard InChI is InChI=1S/C16H17N3O2/c1-12-6-7-15(21-12)10-19(2)11-16(20)18-14-5-3-4-13(8-14)9-17/h3-8H,10-11H2,1-2H3,(H,18,20)/p+1. The summed E-state index contributed by atoms with van der Waals surface area (Å²) >= 11 is 0. The maximum atomic E-state index is 12.0. The zero-order chi connectivity index (χ0) is 15.2. The van der Waals surface area contributed by atoms with Crippen molar-refractivity contribution < 1.29 is 14.1 Å². The fourth-order valence-corrected chi connectivity index (χ4v) is 2.09. The molecule has 2 N–H and O–H groups in total. The van der Waals surface area contributed by atoms with Gasteiger partial charge in [0.05, 0.1) is 18.7 Å². The van der Waals surface area contributed by atoms with Crippen LogP contribution in [-0.2, 0) is 11.3 Å². The van der Waals surface area contributed by atoms with Crippen molar-refractivity contribution in [3.8, 4) is 6.07 Å². The first kappa shape index (κ1) is 14.8. The molecule has 0 aliphatic rings. The lowest BCUT2D eigenvalue weighted by Crippen LogP contribution is -3.08. The fraction of sp³-hybridized carbons (Fsp3) is 0.250. The Kier molecular flexibility index (Phi) is 4.75. The molecule has 108 valence electrons. The van der Waals surface area contributed by atoms with Crippen molar-refractivity contribution in [2.75, 3.05) is 18.9 Å². The van der Waals surface area contributed by atoms with Crippen molar-refractivity contribution in [3.63, 3.8) is 0 Å². The zero-order valence-corrected chi connectivity index (χ0v) is 12.1. The van der Waals surface area contributed by atoms with Crippen LogP contribution in [-0.4, -0.2) is 19.5 Å². The SMILES string of the molecule is Cc1ccc(C[NH+](C)CC(=O)Nc2cccc(C#N)c2)o1. The molecule has 0 saturated carbocycles. The van der Waals surface area contributed by atoms with Gasteiger partial charge in [0.2, 0.25) is 0 Å². The molecule has 0 spiro atoms. The molecule has 0 saturated heterocycles. The molecule has 0 fully saturated rings. The van der Waals surface area contributed by atoms with Gasteiger partial charge < -0.3 is 14.6 Å². The number of hydrogen-bond donors (Lipinski definition) is 2. The number of anilines is 1. The first-order chi connectivity index (χ1) is 10.1. The van der Waals surface area contributed by atoms with E-state index in [0.29, 0.717) is 24.3 Å². The van der Waals surface area contributed by atoms with Crippen LogP contribution in [0.3, 0.4) is 0 Å². The van der Waals surface area contributed by atoms with E-state index in [2.05, 4.69) is 5.32 Å². The Morgan fingerprint density at radius 3 is 2.86 bits per heavy atom. The maximum absolute atomic E-state index is 12.0. The van der Waals surface area contributed by atoms with Gasteiger partial charge in [0, 0.05) is 5.69 Å². The summed E-state index contributed by atoms with van der Waals surface area (Å²) in [6, 6.07) is 12.8. The molecule has 0 radical (unpaired) electrons. The van der Waals surface area contributed by atoms with E-state index in [1.165, 1.54) is 0 Å². The van der Waals surface area contributed by atoms with Gasteiger partial charge in [0.15, 0.2) is 12.3 Å². The van der Waals surface area contributed by atoms with E-state index < -0.39 is 0 Å². The minimum absolute atomic E-state index is 0.0918. The van der Waals surface area contributed by atoms with Crippen LogP contribution in [0.25, 0.3) is 0 Å². The highest BCUT2D eigenvalue weighted by molar-refractivity contribution is 5.91. The molecular formula is C16H18N3O2+. The van der Waals surface area contributed by atoms with Crippen molar-refractivity contribution >= 4 is 11.6 Å². The Hall–Kier alpha value is -2.58. The van der Waals surface area contributed by atoms with Crippen LogP contribution in [0.1, 0.15) is 17.1 Å². The number of amides is 1. The van der Waals surface area contributed by atoms with E-state index in [9.17, 15) is 4.79 Å². The van der Waals surface area contributed by atoms with Crippen LogP contribution in [0.15, 0.2) is 40.8 Å². The lowest BCUT2D eigenvalue weighted by molar-refractivity contribution is -0.886. The highest BCUT2D eigenvalue weighted by atomic mass is 16.3. The van der Waals surface area contributed by atoms with Crippen molar-refractivity contribution in [1.82, 2.24) is 0 Å². The zero-order valence-electron chi connectivity index (χ0n) is 12.1. The number of benzene rings is 1. The van der Waals surface area contributed by atoms with Crippen LogP contribution in [0.2, 0.25) is 0 Å². The molecule has 21 heavy (non-hydrogen) atoms. The molecule has 5 nitrogen and oxygen atoms in total. The molecule has 2 aromatic rings. The predicted molar refractivity (Wildman–Crippen MR) is 78.7 cm³/mol. The second kappa shape index (κ2) is 6.73. The van der Waals surface area contributed by atoms with Gasteiger partial charge >= 0.3 is 0 Å². The van der Waals surface area contributed by atoms with E-state index >= 15 is 0 Å². The third-order valence-electron chi connectivity index (χ3n) is 3.01. The van der Waals surface area contributed by atoms with Crippen molar-refractivity contribution in [3.05, 3.63) is 53.5 Å². The molecule has 2 rings (SSSR count). The highest BCUT2D eigenvalue weighted by Crippen LogP contribution is 2.09. The van der Waals surface area contributed by atoms with Crippen LogP contribution < -0.4 is 10.2 Å². The third-order valence-corrected chi connectivity index (χ3v) is 3.01. The minimum atomic E-state index is -0.0918. The van der Waals surface area contributed by atoms with Crippen molar-refractivity contribution in [2.24, 2.45) is 0 Å². The topological polar surface area (TPSA) is 70.5 Å². The fourth-order valence-electron chi connectivity index (χ4n) is 2.09. The Balaban J connectivity index is 1.87. The van der Waals surface area contributed by atoms with Gasteiger partial charge in [-0.05, 0) is 37.3 Å². The summed E-state index contributed by atoms with van der Waals surface area (Å²) in [7, 11) is 1.93. The molecule has 0 aliphatic heterocycles. The molecule has 1 atom stereocenters. The molecule has 0 bridgehead atoms. The molecule has 1 aromatic heterocycles. The average molecular weight is 284 g/mol. The van der Waals surface area contributed by atoms with E-state index in [1.807, 2.05) is 32.2 Å². The number of likely N-dealkylation sites (N-methyl/N-ethyl adjacent to an activating group) is 1. The number of furan rings is 1. The Morgan fingerprint density at radius 1 is 1.38 bits per heavy atom. The van der Waals surface area contributed by atoms with Gasteiger partial charge in [0.1, 0.15) is 12.3 Å². The van der Waals surface area contributed by atoms with Crippen LogP contribution in [0.4, 0.5) is 5.69 Å². The number of carbonyl (C=O) groups is 1. The van der Waals surface area contributed by atoms with E-state index in [0.717, 1.165) is 16.4 Å². The normalized spacial score (nSPS) is 11.7. The largest absolute Gasteiger partial charge is 0.460 e. The Morgan fingerprint density at radius 2 is 2.19 bits per heavy atom. The second-order valence-electron chi connectivity index (χ2n) is 5.06. The van der Waals surface area contributed by atoms with E-state index in [1.54, 1.807) is 24.3 Å². The van der Waals surface area contributed by atoms with E-state index in [4.69, 9.17) is 9.68 Å². The number of nitriles is 1. The summed E-state index contributed by atoms with van der Waals surface area (Å²) < 4.78 is 5.50. The van der Waals surface area contributed by atoms with Crippen LogP contribution in [0, 0.1) is 18.3 Å². The van der Waals surface area contributed by atoms with Gasteiger partial charge in [0.25, 0.3) is 5.91 Å². The lowest BCUT2D eigenvalue weighted by Gasteiger charge is -2.12. The predicted octanol–water partition coefficient (Wildman–Crippen LogP) is 1.11. The van der Waals surface area contributed by atoms with Crippen LogP contribution in [0.5, 0.6) is 0 Å². The number of hydrogen-bond acceptors (Lipinski definition) is 3. The summed E-state index contributed by atoms with van der Waals surface area (Å²) in [5.41, 5.74) is 1.17. The van der Waals surface area contributed by atoms with Gasteiger partial charge in [-0.25, -0.2) is 0 Å². The molecule has 1 heterocycles. The molecular weight excluding hydrogens is 266 g/mol. The number of rotatable bonds is 5. The number of carbonyl (C=O) groups excluding carboxylic acids is 1. The molecule has 0 aliphatic carbocycles. The molecule has 1 aromatic carbocycles. The first-order valence-corrected chi connectivity index (χ1v) is 6.73. The van der Waals surface area contributed by atoms with Gasteiger partial charge in [-0.3, -0.25) is 4.79 Å².